The van der Waals surface area contributed by atoms with Crippen LogP contribution in [0.5, 0.6) is 0 Å². The van der Waals surface area contributed by atoms with E-state index >= 15 is 0 Å². The standard InChI is InChI=1S/C20H19N5OS/c1-12-22-19-15(9-21)7-14(8-17(19)26-12)18-11-25-10-16(23-20(25)27-18)13-3-5-24(2)6-4-13/h7-8,10-11,13H,3-6H2,1-2H3. The van der Waals surface area contributed by atoms with Gasteiger partial charge in [-0.05, 0) is 50.7 Å². The highest BCUT2D eigenvalue weighted by molar-refractivity contribution is 7.20. The maximum absolute atomic E-state index is 9.47. The molecule has 0 amide bonds. The minimum atomic E-state index is 0.539. The van der Waals surface area contributed by atoms with Gasteiger partial charge in [0.1, 0.15) is 11.6 Å². The number of nitrogens with zero attached hydrogens (tertiary/aromatic N) is 5. The van der Waals surface area contributed by atoms with Crippen molar-refractivity contribution in [2.45, 2.75) is 25.7 Å². The number of aryl methyl sites for hydroxylation is 1. The van der Waals surface area contributed by atoms with Crippen LogP contribution < -0.4 is 0 Å². The molecule has 1 fully saturated rings. The van der Waals surface area contributed by atoms with Crippen molar-refractivity contribution in [2.75, 3.05) is 20.1 Å². The molecule has 4 aromatic rings. The predicted octanol–water partition coefficient (Wildman–Crippen LogP) is 4.19. The summed E-state index contributed by atoms with van der Waals surface area (Å²) >= 11 is 1.64. The van der Waals surface area contributed by atoms with Crippen molar-refractivity contribution in [3.05, 3.63) is 41.7 Å². The smallest absolute Gasteiger partial charge is 0.194 e. The van der Waals surface area contributed by atoms with Gasteiger partial charge in [0.25, 0.3) is 0 Å². The minimum Gasteiger partial charge on any atom is -0.441 e. The number of thiazole rings is 1. The predicted molar refractivity (Wildman–Crippen MR) is 105 cm³/mol. The van der Waals surface area contributed by atoms with E-state index in [1.165, 1.54) is 18.5 Å². The Labute approximate surface area is 160 Å². The number of piperidine rings is 1. The van der Waals surface area contributed by atoms with E-state index < -0.39 is 0 Å². The zero-order valence-corrected chi connectivity index (χ0v) is 16.1. The Kier molecular flexibility index (Phi) is 3.78. The van der Waals surface area contributed by atoms with Gasteiger partial charge < -0.3 is 9.32 Å². The molecule has 6 nitrogen and oxygen atoms in total. The summed E-state index contributed by atoms with van der Waals surface area (Å²) in [5, 5.41) is 9.47. The Bertz CT molecular complexity index is 1160. The minimum absolute atomic E-state index is 0.539. The van der Waals surface area contributed by atoms with Crippen molar-refractivity contribution in [1.82, 2.24) is 19.3 Å². The number of nitriles is 1. The van der Waals surface area contributed by atoms with Crippen LogP contribution in [-0.4, -0.2) is 39.4 Å². The summed E-state index contributed by atoms with van der Waals surface area (Å²) in [6, 6.07) is 6.07. The van der Waals surface area contributed by atoms with Crippen LogP contribution in [0.2, 0.25) is 0 Å². The molecule has 0 atom stereocenters. The van der Waals surface area contributed by atoms with Crippen LogP contribution in [-0.2, 0) is 0 Å². The molecule has 0 unspecified atom stereocenters. The van der Waals surface area contributed by atoms with E-state index in [0.717, 1.165) is 28.5 Å². The fraction of sp³-hybridized carbons (Fsp3) is 0.350. The average molecular weight is 377 g/mol. The monoisotopic (exact) mass is 377 g/mol. The molecule has 0 aliphatic carbocycles. The number of hydrogen-bond acceptors (Lipinski definition) is 6. The Morgan fingerprint density at radius 1 is 1.22 bits per heavy atom. The molecule has 0 radical (unpaired) electrons. The van der Waals surface area contributed by atoms with Gasteiger partial charge in [0.2, 0.25) is 0 Å². The van der Waals surface area contributed by atoms with Crippen LogP contribution in [0.1, 0.15) is 35.9 Å². The van der Waals surface area contributed by atoms with Gasteiger partial charge >= 0.3 is 0 Å². The first-order chi connectivity index (χ1) is 13.1. The van der Waals surface area contributed by atoms with E-state index in [4.69, 9.17) is 9.40 Å². The molecule has 1 aliphatic rings. The van der Waals surface area contributed by atoms with Gasteiger partial charge in [0, 0.05) is 25.2 Å². The van der Waals surface area contributed by atoms with E-state index in [1.807, 2.05) is 12.1 Å². The Morgan fingerprint density at radius 2 is 2.04 bits per heavy atom. The summed E-state index contributed by atoms with van der Waals surface area (Å²) in [6.07, 6.45) is 6.59. The van der Waals surface area contributed by atoms with E-state index in [1.54, 1.807) is 18.3 Å². The van der Waals surface area contributed by atoms with Crippen molar-refractivity contribution in [3.8, 4) is 16.5 Å². The zero-order chi connectivity index (χ0) is 18.5. The lowest BCUT2D eigenvalue weighted by atomic mass is 9.94. The van der Waals surface area contributed by atoms with Crippen LogP contribution in [0, 0.1) is 18.3 Å². The van der Waals surface area contributed by atoms with Crippen LogP contribution in [0.25, 0.3) is 26.5 Å². The molecule has 5 rings (SSSR count). The molecule has 0 spiro atoms. The summed E-state index contributed by atoms with van der Waals surface area (Å²) in [6.45, 7) is 4.06. The molecule has 1 aliphatic heterocycles. The van der Waals surface area contributed by atoms with Gasteiger partial charge in [-0.3, -0.25) is 4.40 Å². The fourth-order valence-electron chi connectivity index (χ4n) is 3.82. The Balaban J connectivity index is 1.51. The van der Waals surface area contributed by atoms with E-state index in [9.17, 15) is 5.26 Å². The zero-order valence-electron chi connectivity index (χ0n) is 15.3. The van der Waals surface area contributed by atoms with Crippen LogP contribution in [0.15, 0.2) is 28.9 Å². The van der Waals surface area contributed by atoms with Crippen molar-refractivity contribution < 1.29 is 4.42 Å². The third-order valence-corrected chi connectivity index (χ3v) is 6.36. The van der Waals surface area contributed by atoms with Gasteiger partial charge in [-0.2, -0.15) is 5.26 Å². The van der Waals surface area contributed by atoms with Crippen LogP contribution >= 0.6 is 11.3 Å². The summed E-state index contributed by atoms with van der Waals surface area (Å²) in [7, 11) is 2.18. The van der Waals surface area contributed by atoms with Gasteiger partial charge in [-0.1, -0.05) is 11.3 Å². The first-order valence-electron chi connectivity index (χ1n) is 9.09. The number of aromatic nitrogens is 3. The summed E-state index contributed by atoms with van der Waals surface area (Å²) in [4.78, 5) is 13.6. The number of rotatable bonds is 2. The maximum atomic E-state index is 9.47. The second-order valence-corrected chi connectivity index (χ2v) is 8.25. The second kappa shape index (κ2) is 6.19. The van der Waals surface area contributed by atoms with Gasteiger partial charge in [0.05, 0.1) is 16.1 Å². The molecule has 136 valence electrons. The topological polar surface area (TPSA) is 70.4 Å². The van der Waals surface area contributed by atoms with E-state index in [-0.39, 0.29) is 0 Å². The number of imidazole rings is 1. The largest absolute Gasteiger partial charge is 0.441 e. The number of oxazole rings is 1. The first kappa shape index (κ1) is 16.5. The van der Waals surface area contributed by atoms with E-state index in [0.29, 0.717) is 28.5 Å². The number of likely N-dealkylation sites (tertiary alicyclic amines) is 1. The summed E-state index contributed by atoms with van der Waals surface area (Å²) in [5.74, 6) is 1.12. The fourth-order valence-corrected chi connectivity index (χ4v) is 4.78. The number of benzene rings is 1. The van der Waals surface area contributed by atoms with Crippen molar-refractivity contribution >= 4 is 27.4 Å². The molecule has 1 aromatic carbocycles. The molecular formula is C20H19N5OS. The highest BCUT2D eigenvalue weighted by atomic mass is 32.1. The normalized spacial score (nSPS) is 16.3. The van der Waals surface area contributed by atoms with Crippen LogP contribution in [0.4, 0.5) is 0 Å². The molecular weight excluding hydrogens is 358 g/mol. The molecule has 7 heteroatoms. The maximum Gasteiger partial charge on any atom is 0.194 e. The lowest BCUT2D eigenvalue weighted by molar-refractivity contribution is 0.253. The molecule has 3 aromatic heterocycles. The van der Waals surface area contributed by atoms with Crippen molar-refractivity contribution in [2.24, 2.45) is 0 Å². The lowest BCUT2D eigenvalue weighted by Crippen LogP contribution is -2.29. The highest BCUT2D eigenvalue weighted by Gasteiger charge is 2.22. The van der Waals surface area contributed by atoms with Crippen molar-refractivity contribution in [1.29, 1.82) is 5.26 Å². The van der Waals surface area contributed by atoms with Gasteiger partial charge in [-0.25, -0.2) is 9.97 Å². The molecule has 27 heavy (non-hydrogen) atoms. The summed E-state index contributed by atoms with van der Waals surface area (Å²) in [5.41, 5.74) is 3.98. The summed E-state index contributed by atoms with van der Waals surface area (Å²) < 4.78 is 7.76. The van der Waals surface area contributed by atoms with E-state index in [2.05, 4.69) is 39.8 Å². The van der Waals surface area contributed by atoms with Gasteiger partial charge in [-0.15, -0.1) is 0 Å². The number of hydrogen-bond donors (Lipinski definition) is 0. The molecule has 1 saturated heterocycles. The molecule has 0 N–H and O–H groups in total. The number of fused-ring (bicyclic) bond motifs is 2. The quantitative estimate of drug-likeness (QED) is 0.524. The molecule has 4 heterocycles. The Hall–Kier alpha value is -2.69. The SMILES string of the molecule is Cc1nc2c(C#N)cc(-c3cn4cc(C5CCN(C)CC5)nc4s3)cc2o1. The Morgan fingerprint density at radius 3 is 2.78 bits per heavy atom. The van der Waals surface area contributed by atoms with Crippen molar-refractivity contribution in [3.63, 3.8) is 0 Å². The average Bonchev–Trinajstić information content (AvgIpc) is 3.33. The third-order valence-electron chi connectivity index (χ3n) is 5.32. The third kappa shape index (κ3) is 2.82. The van der Waals surface area contributed by atoms with Crippen LogP contribution in [0.3, 0.4) is 0 Å². The molecule has 0 bridgehead atoms. The van der Waals surface area contributed by atoms with Gasteiger partial charge in [0.15, 0.2) is 16.4 Å². The highest BCUT2D eigenvalue weighted by Crippen LogP contribution is 2.34. The lowest BCUT2D eigenvalue weighted by Gasteiger charge is -2.27. The molecule has 0 saturated carbocycles. The first-order valence-corrected chi connectivity index (χ1v) is 9.91. The second-order valence-electron chi connectivity index (χ2n) is 7.24.